The van der Waals surface area contributed by atoms with E-state index in [1.165, 1.54) is 10.6 Å². The summed E-state index contributed by atoms with van der Waals surface area (Å²) in [7, 11) is 0. The summed E-state index contributed by atoms with van der Waals surface area (Å²) in [5.41, 5.74) is 2.19. The fourth-order valence-corrected chi connectivity index (χ4v) is 3.64. The van der Waals surface area contributed by atoms with Crippen molar-refractivity contribution in [3.05, 3.63) is 80.9 Å². The Morgan fingerprint density at radius 2 is 2.15 bits per heavy atom. The van der Waals surface area contributed by atoms with Crippen LogP contribution in [-0.4, -0.2) is 39.8 Å². The monoisotopic (exact) mass is 382 g/mol. The molecule has 138 valence electrons. The number of amides is 1. The third-order valence-electron chi connectivity index (χ3n) is 4.83. The van der Waals surface area contributed by atoms with E-state index in [1.807, 2.05) is 37.3 Å². The van der Waals surface area contributed by atoms with Gasteiger partial charge in [-0.1, -0.05) is 23.7 Å². The van der Waals surface area contributed by atoms with Gasteiger partial charge in [0.2, 0.25) is 0 Å². The van der Waals surface area contributed by atoms with Crippen LogP contribution in [0.1, 0.15) is 27.5 Å². The average Bonchev–Trinajstić information content (AvgIpc) is 2.67. The first-order chi connectivity index (χ1) is 13.0. The van der Waals surface area contributed by atoms with Gasteiger partial charge in [0.1, 0.15) is 11.2 Å². The predicted octanol–water partition coefficient (Wildman–Crippen LogP) is 2.44. The molecule has 7 heteroatoms. The Labute approximate surface area is 161 Å². The first-order valence-electron chi connectivity index (χ1n) is 8.80. The third kappa shape index (κ3) is 3.34. The Balaban J connectivity index is 1.74. The standard InChI is InChI=1S/C20H19ClN4O2/c1-13-5-7-25-18(9-13)23-11-16(20(25)27)19(26)24-8-6-22-12-17(24)14-3-2-4-15(21)10-14/h2-5,7,9-11,17,22H,6,8,12H2,1H3. The minimum atomic E-state index is -0.353. The molecular weight excluding hydrogens is 364 g/mol. The van der Waals surface area contributed by atoms with E-state index in [0.29, 0.717) is 30.3 Å². The summed E-state index contributed by atoms with van der Waals surface area (Å²) in [6, 6.07) is 10.9. The largest absolute Gasteiger partial charge is 0.329 e. The number of halogens is 1. The topological polar surface area (TPSA) is 66.7 Å². The summed E-state index contributed by atoms with van der Waals surface area (Å²) >= 11 is 6.12. The number of nitrogens with zero attached hydrogens (tertiary/aromatic N) is 3. The zero-order valence-corrected chi connectivity index (χ0v) is 15.6. The molecule has 0 saturated carbocycles. The van der Waals surface area contributed by atoms with Gasteiger partial charge in [-0.25, -0.2) is 4.98 Å². The van der Waals surface area contributed by atoms with E-state index in [-0.39, 0.29) is 23.1 Å². The van der Waals surface area contributed by atoms with Crippen LogP contribution in [-0.2, 0) is 0 Å². The number of nitrogens with one attached hydrogen (secondary N) is 1. The lowest BCUT2D eigenvalue weighted by atomic mass is 10.0. The second-order valence-corrected chi connectivity index (χ2v) is 7.12. The molecule has 1 aliphatic rings. The Morgan fingerprint density at radius 3 is 2.96 bits per heavy atom. The number of hydrogen-bond donors (Lipinski definition) is 1. The highest BCUT2D eigenvalue weighted by Gasteiger charge is 2.30. The van der Waals surface area contributed by atoms with Gasteiger partial charge in [0.25, 0.3) is 11.5 Å². The molecule has 1 aliphatic heterocycles. The molecule has 3 heterocycles. The van der Waals surface area contributed by atoms with Gasteiger partial charge in [-0.3, -0.25) is 14.0 Å². The molecule has 1 amide bonds. The zero-order chi connectivity index (χ0) is 19.0. The minimum absolute atomic E-state index is 0.0743. The van der Waals surface area contributed by atoms with Crippen LogP contribution in [0.4, 0.5) is 0 Å². The lowest BCUT2D eigenvalue weighted by Crippen LogP contribution is -2.49. The highest BCUT2D eigenvalue weighted by Crippen LogP contribution is 2.25. The molecular formula is C20H19ClN4O2. The fraction of sp³-hybridized carbons (Fsp3) is 0.250. The maximum atomic E-state index is 13.2. The lowest BCUT2D eigenvalue weighted by molar-refractivity contribution is 0.0632. The SMILES string of the molecule is Cc1ccn2c(=O)c(C(=O)N3CCNCC3c3cccc(Cl)c3)cnc2c1. The van der Waals surface area contributed by atoms with Gasteiger partial charge in [-0.2, -0.15) is 0 Å². The number of fused-ring (bicyclic) bond motifs is 1. The van der Waals surface area contributed by atoms with Gasteiger partial charge < -0.3 is 10.2 Å². The Kier molecular flexibility index (Phi) is 4.68. The predicted molar refractivity (Wildman–Crippen MR) is 104 cm³/mol. The van der Waals surface area contributed by atoms with Crippen LogP contribution in [0.25, 0.3) is 5.65 Å². The summed E-state index contributed by atoms with van der Waals surface area (Å²) in [5.74, 6) is -0.311. The van der Waals surface area contributed by atoms with Crippen molar-refractivity contribution >= 4 is 23.2 Å². The fourth-order valence-electron chi connectivity index (χ4n) is 3.44. The van der Waals surface area contributed by atoms with Crippen LogP contribution in [0.3, 0.4) is 0 Å². The number of hydrogen-bond acceptors (Lipinski definition) is 4. The van der Waals surface area contributed by atoms with Crippen molar-refractivity contribution in [1.82, 2.24) is 19.6 Å². The molecule has 1 atom stereocenters. The molecule has 1 aromatic carbocycles. The molecule has 1 unspecified atom stereocenters. The second-order valence-electron chi connectivity index (χ2n) is 6.68. The van der Waals surface area contributed by atoms with Crippen LogP contribution < -0.4 is 10.9 Å². The number of rotatable bonds is 2. The van der Waals surface area contributed by atoms with Gasteiger partial charge >= 0.3 is 0 Å². The first kappa shape index (κ1) is 17.7. The summed E-state index contributed by atoms with van der Waals surface area (Å²) in [6.45, 7) is 3.71. The van der Waals surface area contributed by atoms with Crippen molar-refractivity contribution < 1.29 is 4.79 Å². The average molecular weight is 383 g/mol. The van der Waals surface area contributed by atoms with E-state index in [9.17, 15) is 9.59 Å². The van der Waals surface area contributed by atoms with Crippen LogP contribution in [0.2, 0.25) is 5.02 Å². The number of aromatic nitrogens is 2. The smallest absolute Gasteiger partial charge is 0.270 e. The summed E-state index contributed by atoms with van der Waals surface area (Å²) in [5, 5.41) is 3.92. The third-order valence-corrected chi connectivity index (χ3v) is 5.07. The molecule has 27 heavy (non-hydrogen) atoms. The molecule has 4 rings (SSSR count). The number of piperazine rings is 1. The van der Waals surface area contributed by atoms with E-state index >= 15 is 0 Å². The van der Waals surface area contributed by atoms with E-state index in [0.717, 1.165) is 11.1 Å². The Bertz CT molecular complexity index is 1080. The van der Waals surface area contributed by atoms with Crippen molar-refractivity contribution in [2.75, 3.05) is 19.6 Å². The molecule has 1 N–H and O–H groups in total. The number of aryl methyl sites for hydroxylation is 1. The molecule has 1 saturated heterocycles. The molecule has 0 aliphatic carbocycles. The summed E-state index contributed by atoms with van der Waals surface area (Å²) in [6.07, 6.45) is 3.04. The van der Waals surface area contributed by atoms with Crippen molar-refractivity contribution in [2.45, 2.75) is 13.0 Å². The van der Waals surface area contributed by atoms with Crippen LogP contribution >= 0.6 is 11.6 Å². The van der Waals surface area contributed by atoms with Gasteiger partial charge in [0.15, 0.2) is 0 Å². The molecule has 0 bridgehead atoms. The van der Waals surface area contributed by atoms with Crippen LogP contribution in [0.15, 0.2) is 53.6 Å². The van der Waals surface area contributed by atoms with Crippen molar-refractivity contribution in [2.24, 2.45) is 0 Å². The maximum absolute atomic E-state index is 13.2. The molecule has 3 aromatic rings. The molecule has 0 spiro atoms. The Hall–Kier alpha value is -2.70. The maximum Gasteiger partial charge on any atom is 0.270 e. The highest BCUT2D eigenvalue weighted by atomic mass is 35.5. The lowest BCUT2D eigenvalue weighted by Gasteiger charge is -2.36. The van der Waals surface area contributed by atoms with Gasteiger partial charge in [0, 0.05) is 37.1 Å². The Morgan fingerprint density at radius 1 is 1.30 bits per heavy atom. The van der Waals surface area contributed by atoms with E-state index in [1.54, 1.807) is 17.2 Å². The van der Waals surface area contributed by atoms with E-state index < -0.39 is 0 Å². The number of benzene rings is 1. The number of carbonyl (C=O) groups is 1. The quantitative estimate of drug-likeness (QED) is 0.739. The number of pyridine rings is 1. The molecule has 1 fully saturated rings. The van der Waals surface area contributed by atoms with Crippen molar-refractivity contribution in [1.29, 1.82) is 0 Å². The molecule has 6 nitrogen and oxygen atoms in total. The normalized spacial score (nSPS) is 17.3. The van der Waals surface area contributed by atoms with Crippen LogP contribution in [0.5, 0.6) is 0 Å². The summed E-state index contributed by atoms with van der Waals surface area (Å²) in [4.78, 5) is 32.1. The zero-order valence-electron chi connectivity index (χ0n) is 14.9. The van der Waals surface area contributed by atoms with Crippen molar-refractivity contribution in [3.63, 3.8) is 0 Å². The minimum Gasteiger partial charge on any atom is -0.329 e. The second kappa shape index (κ2) is 7.13. The van der Waals surface area contributed by atoms with Gasteiger partial charge in [0.05, 0.1) is 6.04 Å². The molecule has 2 aromatic heterocycles. The van der Waals surface area contributed by atoms with E-state index in [4.69, 9.17) is 11.6 Å². The van der Waals surface area contributed by atoms with Crippen molar-refractivity contribution in [3.8, 4) is 0 Å². The van der Waals surface area contributed by atoms with Crippen LogP contribution in [0, 0.1) is 6.92 Å². The molecule has 0 radical (unpaired) electrons. The first-order valence-corrected chi connectivity index (χ1v) is 9.17. The van der Waals surface area contributed by atoms with Gasteiger partial charge in [-0.05, 0) is 42.3 Å². The van der Waals surface area contributed by atoms with Gasteiger partial charge in [-0.15, -0.1) is 0 Å². The summed E-state index contributed by atoms with van der Waals surface area (Å²) < 4.78 is 1.41. The number of carbonyl (C=O) groups excluding carboxylic acids is 1. The highest BCUT2D eigenvalue weighted by molar-refractivity contribution is 6.30. The van der Waals surface area contributed by atoms with E-state index in [2.05, 4.69) is 10.3 Å².